The molecule has 4 heteroatoms. The second kappa shape index (κ2) is 6.79. The number of likely N-dealkylation sites (tertiary alicyclic amines) is 1. The highest BCUT2D eigenvalue weighted by Crippen LogP contribution is 2.36. The third-order valence-electron chi connectivity index (χ3n) is 4.79. The summed E-state index contributed by atoms with van der Waals surface area (Å²) >= 11 is 0. The second-order valence-electron chi connectivity index (χ2n) is 6.06. The van der Waals surface area contributed by atoms with Crippen LogP contribution in [0.1, 0.15) is 24.8 Å². The van der Waals surface area contributed by atoms with Crippen LogP contribution >= 0.6 is 12.4 Å². The van der Waals surface area contributed by atoms with Crippen LogP contribution in [0.25, 0.3) is 0 Å². The molecule has 0 aromatic heterocycles. The third kappa shape index (κ3) is 3.27. The molecular formula is C16H25ClN2O. The lowest BCUT2D eigenvalue weighted by molar-refractivity contribution is 0.259. The quantitative estimate of drug-likeness (QED) is 0.932. The van der Waals surface area contributed by atoms with Gasteiger partial charge in [0.2, 0.25) is 0 Å². The van der Waals surface area contributed by atoms with Gasteiger partial charge in [0, 0.05) is 25.7 Å². The molecule has 2 fully saturated rings. The first kappa shape index (κ1) is 15.6. The summed E-state index contributed by atoms with van der Waals surface area (Å²) in [5.74, 6) is 2.50. The fourth-order valence-electron chi connectivity index (χ4n) is 3.73. The first-order valence-electron chi connectivity index (χ1n) is 7.37. The monoisotopic (exact) mass is 296 g/mol. The topological polar surface area (TPSA) is 38.5 Å². The second-order valence-corrected chi connectivity index (χ2v) is 6.06. The molecule has 0 spiro atoms. The van der Waals surface area contributed by atoms with Gasteiger partial charge in [0.15, 0.2) is 0 Å². The molecule has 1 heterocycles. The summed E-state index contributed by atoms with van der Waals surface area (Å²) in [6.45, 7) is 3.45. The average Bonchev–Trinajstić information content (AvgIpc) is 2.84. The molecule has 0 bridgehead atoms. The molecule has 20 heavy (non-hydrogen) atoms. The Morgan fingerprint density at radius 2 is 1.95 bits per heavy atom. The number of nitrogens with zero attached hydrogens (tertiary/aromatic N) is 1. The Hall–Kier alpha value is -0.770. The predicted molar refractivity (Wildman–Crippen MR) is 84.3 cm³/mol. The molecule has 3 unspecified atom stereocenters. The standard InChI is InChI=1S/C16H24N2O.ClH/c1-19-14-7-5-12(6-8-14)9-18-10-13-3-2-4-16(17)15(13)11-18;/h5-8,13,15-16H,2-4,9-11,17H2,1H3;1H. The fraction of sp³-hybridized carbons (Fsp3) is 0.625. The van der Waals surface area contributed by atoms with E-state index < -0.39 is 0 Å². The van der Waals surface area contributed by atoms with Crippen LogP contribution in [0.15, 0.2) is 24.3 Å². The van der Waals surface area contributed by atoms with Crippen LogP contribution in [-0.2, 0) is 6.54 Å². The Bertz CT molecular complexity index is 423. The van der Waals surface area contributed by atoms with E-state index in [9.17, 15) is 0 Å². The van der Waals surface area contributed by atoms with E-state index in [1.54, 1.807) is 7.11 Å². The zero-order valence-electron chi connectivity index (χ0n) is 12.1. The Morgan fingerprint density at radius 1 is 1.20 bits per heavy atom. The molecule has 0 radical (unpaired) electrons. The largest absolute Gasteiger partial charge is 0.497 e. The average molecular weight is 297 g/mol. The molecule has 3 atom stereocenters. The van der Waals surface area contributed by atoms with E-state index in [1.165, 1.54) is 37.9 Å². The number of nitrogens with two attached hydrogens (primary N) is 1. The molecule has 3 rings (SSSR count). The van der Waals surface area contributed by atoms with Crippen molar-refractivity contribution in [1.82, 2.24) is 4.90 Å². The molecule has 2 N–H and O–H groups in total. The van der Waals surface area contributed by atoms with Crippen molar-refractivity contribution >= 4 is 12.4 Å². The number of fused-ring (bicyclic) bond motifs is 1. The van der Waals surface area contributed by atoms with Crippen LogP contribution < -0.4 is 10.5 Å². The van der Waals surface area contributed by atoms with Crippen molar-refractivity contribution < 1.29 is 4.74 Å². The van der Waals surface area contributed by atoms with Crippen LogP contribution in [0.5, 0.6) is 5.75 Å². The van der Waals surface area contributed by atoms with E-state index in [-0.39, 0.29) is 12.4 Å². The number of ether oxygens (including phenoxy) is 1. The van der Waals surface area contributed by atoms with Crippen LogP contribution in [0.3, 0.4) is 0 Å². The van der Waals surface area contributed by atoms with Gasteiger partial charge >= 0.3 is 0 Å². The molecule has 1 saturated heterocycles. The van der Waals surface area contributed by atoms with Gasteiger partial charge in [-0.25, -0.2) is 0 Å². The van der Waals surface area contributed by atoms with Gasteiger partial charge in [-0.1, -0.05) is 18.6 Å². The molecule has 1 aliphatic carbocycles. The number of hydrogen-bond acceptors (Lipinski definition) is 3. The van der Waals surface area contributed by atoms with Gasteiger partial charge in [-0.2, -0.15) is 0 Å². The lowest BCUT2D eigenvalue weighted by Crippen LogP contribution is -2.38. The Kier molecular flexibility index (Phi) is 5.30. The lowest BCUT2D eigenvalue weighted by Gasteiger charge is -2.29. The first-order valence-corrected chi connectivity index (χ1v) is 7.37. The molecule has 112 valence electrons. The Labute approximate surface area is 127 Å². The van der Waals surface area contributed by atoms with Gasteiger partial charge in [-0.15, -0.1) is 12.4 Å². The first-order chi connectivity index (χ1) is 9.26. The molecule has 1 saturated carbocycles. The smallest absolute Gasteiger partial charge is 0.118 e. The normalized spacial score (nSPS) is 29.6. The lowest BCUT2D eigenvalue weighted by atomic mass is 9.78. The van der Waals surface area contributed by atoms with Gasteiger partial charge in [0.1, 0.15) is 5.75 Å². The number of benzene rings is 1. The molecule has 0 amide bonds. The molecule has 1 aromatic carbocycles. The van der Waals surface area contributed by atoms with E-state index >= 15 is 0 Å². The highest BCUT2D eigenvalue weighted by atomic mass is 35.5. The number of halogens is 1. The van der Waals surface area contributed by atoms with E-state index in [2.05, 4.69) is 17.0 Å². The molecule has 3 nitrogen and oxygen atoms in total. The van der Waals surface area contributed by atoms with Gasteiger partial charge in [-0.05, 0) is 42.4 Å². The van der Waals surface area contributed by atoms with Gasteiger partial charge < -0.3 is 10.5 Å². The fourth-order valence-corrected chi connectivity index (χ4v) is 3.73. The summed E-state index contributed by atoms with van der Waals surface area (Å²) in [5, 5.41) is 0. The summed E-state index contributed by atoms with van der Waals surface area (Å²) in [5.41, 5.74) is 7.64. The summed E-state index contributed by atoms with van der Waals surface area (Å²) in [6, 6.07) is 8.86. The van der Waals surface area contributed by atoms with Crippen molar-refractivity contribution in [3.8, 4) is 5.75 Å². The summed E-state index contributed by atoms with van der Waals surface area (Å²) in [6.07, 6.45) is 3.91. The van der Waals surface area contributed by atoms with Crippen molar-refractivity contribution in [2.75, 3.05) is 20.2 Å². The van der Waals surface area contributed by atoms with Gasteiger partial charge in [-0.3, -0.25) is 4.90 Å². The maximum absolute atomic E-state index is 6.27. The van der Waals surface area contributed by atoms with E-state index in [0.717, 1.165) is 24.1 Å². The van der Waals surface area contributed by atoms with E-state index in [4.69, 9.17) is 10.5 Å². The highest BCUT2D eigenvalue weighted by Gasteiger charge is 2.38. The van der Waals surface area contributed by atoms with Crippen molar-refractivity contribution in [1.29, 1.82) is 0 Å². The molecule has 1 aromatic rings. The zero-order valence-corrected chi connectivity index (χ0v) is 12.9. The summed E-state index contributed by atoms with van der Waals surface area (Å²) in [4.78, 5) is 2.57. The van der Waals surface area contributed by atoms with E-state index in [0.29, 0.717) is 6.04 Å². The minimum Gasteiger partial charge on any atom is -0.497 e. The van der Waals surface area contributed by atoms with Gasteiger partial charge in [0.25, 0.3) is 0 Å². The minimum absolute atomic E-state index is 0. The molecule has 1 aliphatic heterocycles. The molecular weight excluding hydrogens is 272 g/mol. The van der Waals surface area contributed by atoms with Crippen molar-refractivity contribution in [3.63, 3.8) is 0 Å². The maximum atomic E-state index is 6.27. The third-order valence-corrected chi connectivity index (χ3v) is 4.79. The SMILES string of the molecule is COc1ccc(CN2CC3CCCC(N)C3C2)cc1.Cl. The highest BCUT2D eigenvalue weighted by molar-refractivity contribution is 5.85. The Balaban J connectivity index is 0.00000147. The van der Waals surface area contributed by atoms with Crippen LogP contribution in [0.2, 0.25) is 0 Å². The number of hydrogen-bond donors (Lipinski definition) is 1. The van der Waals surface area contributed by atoms with Crippen molar-refractivity contribution in [2.45, 2.75) is 31.8 Å². The van der Waals surface area contributed by atoms with Crippen molar-refractivity contribution in [3.05, 3.63) is 29.8 Å². The van der Waals surface area contributed by atoms with Gasteiger partial charge in [0.05, 0.1) is 7.11 Å². The summed E-state index contributed by atoms with van der Waals surface area (Å²) in [7, 11) is 1.71. The number of methoxy groups -OCH3 is 1. The predicted octanol–water partition coefficient (Wildman–Crippen LogP) is 2.68. The Morgan fingerprint density at radius 3 is 2.60 bits per heavy atom. The zero-order chi connectivity index (χ0) is 13.2. The summed E-state index contributed by atoms with van der Waals surface area (Å²) < 4.78 is 5.20. The van der Waals surface area contributed by atoms with E-state index in [1.807, 2.05) is 12.1 Å². The van der Waals surface area contributed by atoms with Crippen LogP contribution in [-0.4, -0.2) is 31.1 Å². The van der Waals surface area contributed by atoms with Crippen LogP contribution in [0.4, 0.5) is 0 Å². The van der Waals surface area contributed by atoms with Crippen LogP contribution in [0, 0.1) is 11.8 Å². The van der Waals surface area contributed by atoms with Crippen molar-refractivity contribution in [2.24, 2.45) is 17.6 Å². The number of rotatable bonds is 3. The molecule has 2 aliphatic rings. The minimum atomic E-state index is 0. The maximum Gasteiger partial charge on any atom is 0.118 e.